The molecule has 0 N–H and O–H groups in total. The van der Waals surface area contributed by atoms with Crippen molar-refractivity contribution in [2.75, 3.05) is 0 Å². The highest BCUT2D eigenvalue weighted by molar-refractivity contribution is 6.22. The van der Waals surface area contributed by atoms with E-state index in [1.54, 1.807) is 0 Å². The van der Waals surface area contributed by atoms with E-state index in [1.165, 1.54) is 109 Å². The molecule has 0 heterocycles. The molecule has 0 aromatic heterocycles. The molecule has 0 spiro atoms. The summed E-state index contributed by atoms with van der Waals surface area (Å²) in [6, 6.07) is 68.0. The zero-order valence-electron chi connectivity index (χ0n) is 29.8. The van der Waals surface area contributed by atoms with E-state index in [4.69, 9.17) is 0 Å². The fourth-order valence-electron chi connectivity index (χ4n) is 9.38. The maximum absolute atomic E-state index is 2.43. The summed E-state index contributed by atoms with van der Waals surface area (Å²) in [6.07, 6.45) is 0. The summed E-state index contributed by atoms with van der Waals surface area (Å²) < 4.78 is 0. The fraction of sp³-hybridized carbons (Fsp3) is 0.0566. The number of fused-ring (bicyclic) bond motifs is 9. The SMILES string of the molecule is CC1(C)c2ccc(-c3cccc(-c4c5ccccc5c(-c5ccc6ccc7ccccc7c6c5)c5ccccc45)c3)cc2-c2cc3ccccc3cc21. The Hall–Kier alpha value is -6.50. The maximum atomic E-state index is 2.43. The molecule has 0 saturated heterocycles. The molecule has 0 radical (unpaired) electrons. The third kappa shape index (κ3) is 4.49. The number of hydrogen-bond donors (Lipinski definition) is 0. The van der Waals surface area contributed by atoms with Crippen LogP contribution in [0.15, 0.2) is 182 Å². The highest BCUT2D eigenvalue weighted by Crippen LogP contribution is 2.51. The summed E-state index contributed by atoms with van der Waals surface area (Å²) in [5.41, 5.74) is 13.0. The standard InChI is InChI=1S/C53H36/c1-53(2)49-27-26-38(30-47(49)48-29-36-13-3-4-14-37(36)32-50(48)53)35-15-11-16-39(28-35)51-42-18-7-9-20-44(42)52(45-21-10-8-19-43(45)51)40-25-24-34-23-22-33-12-5-6-17-41(33)46(34)31-40/h3-32H,1-2H3. The summed E-state index contributed by atoms with van der Waals surface area (Å²) in [5, 5.41) is 12.8. The van der Waals surface area contributed by atoms with Gasteiger partial charge in [0.25, 0.3) is 0 Å². The predicted octanol–water partition coefficient (Wildman–Crippen LogP) is 14.8. The Bertz CT molecular complexity index is 3080. The predicted molar refractivity (Wildman–Crippen MR) is 228 cm³/mol. The molecule has 0 bridgehead atoms. The van der Waals surface area contributed by atoms with E-state index in [-0.39, 0.29) is 5.41 Å². The Labute approximate surface area is 309 Å². The highest BCUT2D eigenvalue weighted by Gasteiger charge is 2.35. The van der Waals surface area contributed by atoms with E-state index in [0.29, 0.717) is 0 Å². The van der Waals surface area contributed by atoms with Crippen molar-refractivity contribution in [2.45, 2.75) is 19.3 Å². The molecule has 53 heavy (non-hydrogen) atoms. The summed E-state index contributed by atoms with van der Waals surface area (Å²) in [7, 11) is 0. The van der Waals surface area contributed by atoms with Crippen molar-refractivity contribution in [2.24, 2.45) is 0 Å². The Morgan fingerprint density at radius 1 is 0.283 bits per heavy atom. The normalized spacial score (nSPS) is 13.2. The van der Waals surface area contributed by atoms with Crippen molar-refractivity contribution < 1.29 is 0 Å². The Morgan fingerprint density at radius 3 is 1.43 bits per heavy atom. The van der Waals surface area contributed by atoms with Crippen molar-refractivity contribution in [1.82, 2.24) is 0 Å². The first-order chi connectivity index (χ1) is 26.0. The molecule has 248 valence electrons. The topological polar surface area (TPSA) is 0 Å². The van der Waals surface area contributed by atoms with Crippen LogP contribution >= 0.6 is 0 Å². The Morgan fingerprint density at radius 2 is 0.755 bits per heavy atom. The van der Waals surface area contributed by atoms with E-state index in [9.17, 15) is 0 Å². The summed E-state index contributed by atoms with van der Waals surface area (Å²) in [5.74, 6) is 0. The molecule has 0 heteroatoms. The lowest BCUT2D eigenvalue weighted by atomic mass is 9.81. The maximum Gasteiger partial charge on any atom is 0.0159 e. The molecule has 10 aromatic carbocycles. The number of hydrogen-bond acceptors (Lipinski definition) is 0. The minimum absolute atomic E-state index is 0.0488. The van der Waals surface area contributed by atoms with Crippen LogP contribution in [0.5, 0.6) is 0 Å². The summed E-state index contributed by atoms with van der Waals surface area (Å²) in [6.45, 7) is 4.74. The van der Waals surface area contributed by atoms with Crippen LogP contribution in [0.1, 0.15) is 25.0 Å². The average molecular weight is 673 g/mol. The summed E-state index contributed by atoms with van der Waals surface area (Å²) >= 11 is 0. The zero-order chi connectivity index (χ0) is 35.3. The van der Waals surface area contributed by atoms with Gasteiger partial charge >= 0.3 is 0 Å². The molecular formula is C53H36. The number of benzene rings is 10. The Kier molecular flexibility index (Phi) is 6.40. The second-order valence-electron chi connectivity index (χ2n) is 15.3. The highest BCUT2D eigenvalue weighted by atomic mass is 14.4. The molecule has 0 saturated carbocycles. The smallest absolute Gasteiger partial charge is 0.0159 e. The van der Waals surface area contributed by atoms with Crippen LogP contribution in [0.3, 0.4) is 0 Å². The lowest BCUT2D eigenvalue weighted by molar-refractivity contribution is 0.661. The van der Waals surface area contributed by atoms with Crippen LogP contribution in [0, 0.1) is 0 Å². The monoisotopic (exact) mass is 672 g/mol. The molecule has 0 nitrogen and oxygen atoms in total. The Balaban J connectivity index is 1.10. The molecule has 1 aliphatic carbocycles. The van der Waals surface area contributed by atoms with Crippen LogP contribution in [0.4, 0.5) is 0 Å². The van der Waals surface area contributed by atoms with Gasteiger partial charge in [-0.3, -0.25) is 0 Å². The second-order valence-corrected chi connectivity index (χ2v) is 15.3. The average Bonchev–Trinajstić information content (AvgIpc) is 3.43. The van der Waals surface area contributed by atoms with Crippen molar-refractivity contribution >= 4 is 53.9 Å². The van der Waals surface area contributed by atoms with E-state index in [0.717, 1.165) is 0 Å². The minimum atomic E-state index is -0.0488. The van der Waals surface area contributed by atoms with Crippen molar-refractivity contribution in [3.05, 3.63) is 193 Å². The van der Waals surface area contributed by atoms with Gasteiger partial charge in [-0.2, -0.15) is 0 Å². The van der Waals surface area contributed by atoms with Crippen molar-refractivity contribution in [3.8, 4) is 44.5 Å². The van der Waals surface area contributed by atoms with Crippen LogP contribution in [-0.4, -0.2) is 0 Å². The molecule has 1 aliphatic rings. The molecule has 0 amide bonds. The molecule has 0 unspecified atom stereocenters. The third-order valence-electron chi connectivity index (χ3n) is 12.0. The van der Waals surface area contributed by atoms with Crippen LogP contribution < -0.4 is 0 Å². The molecule has 10 aromatic rings. The first-order valence-corrected chi connectivity index (χ1v) is 18.7. The van der Waals surface area contributed by atoms with E-state index in [1.807, 2.05) is 0 Å². The van der Waals surface area contributed by atoms with Crippen LogP contribution in [-0.2, 0) is 5.41 Å². The van der Waals surface area contributed by atoms with Gasteiger partial charge in [0.1, 0.15) is 0 Å². The van der Waals surface area contributed by atoms with Crippen molar-refractivity contribution in [1.29, 1.82) is 0 Å². The molecule has 0 aliphatic heterocycles. The van der Waals surface area contributed by atoms with Crippen LogP contribution in [0.2, 0.25) is 0 Å². The van der Waals surface area contributed by atoms with Crippen molar-refractivity contribution in [3.63, 3.8) is 0 Å². The van der Waals surface area contributed by atoms with Gasteiger partial charge in [-0.05, 0) is 140 Å². The molecule has 0 atom stereocenters. The van der Waals surface area contributed by atoms with E-state index < -0.39 is 0 Å². The van der Waals surface area contributed by atoms with Gasteiger partial charge in [0.05, 0.1) is 0 Å². The van der Waals surface area contributed by atoms with Gasteiger partial charge < -0.3 is 0 Å². The van der Waals surface area contributed by atoms with Gasteiger partial charge in [-0.1, -0.05) is 166 Å². The van der Waals surface area contributed by atoms with Gasteiger partial charge in [0.15, 0.2) is 0 Å². The first kappa shape index (κ1) is 30.2. The van der Waals surface area contributed by atoms with E-state index >= 15 is 0 Å². The third-order valence-corrected chi connectivity index (χ3v) is 12.0. The molecule has 0 fully saturated rings. The van der Waals surface area contributed by atoms with E-state index in [2.05, 4.69) is 196 Å². The van der Waals surface area contributed by atoms with Gasteiger partial charge in [-0.15, -0.1) is 0 Å². The first-order valence-electron chi connectivity index (χ1n) is 18.7. The van der Waals surface area contributed by atoms with Gasteiger partial charge in [0.2, 0.25) is 0 Å². The summed E-state index contributed by atoms with van der Waals surface area (Å²) in [4.78, 5) is 0. The fourth-order valence-corrected chi connectivity index (χ4v) is 9.38. The zero-order valence-corrected chi connectivity index (χ0v) is 29.8. The molecular weight excluding hydrogens is 637 g/mol. The quantitative estimate of drug-likeness (QED) is 0.129. The largest absolute Gasteiger partial charge is 0.0616 e. The lowest BCUT2D eigenvalue weighted by Crippen LogP contribution is -2.14. The van der Waals surface area contributed by atoms with Crippen LogP contribution in [0.25, 0.3) is 98.4 Å². The number of rotatable bonds is 3. The van der Waals surface area contributed by atoms with Gasteiger partial charge in [-0.25, -0.2) is 0 Å². The minimum Gasteiger partial charge on any atom is -0.0616 e. The van der Waals surface area contributed by atoms with Gasteiger partial charge in [0, 0.05) is 5.41 Å². The lowest BCUT2D eigenvalue weighted by Gasteiger charge is -2.22. The second kappa shape index (κ2) is 11.2. The molecule has 11 rings (SSSR count).